The number of carbonyl (C=O) groups excluding carboxylic acids is 2. The summed E-state index contributed by atoms with van der Waals surface area (Å²) in [5.41, 5.74) is 4.70. The zero-order valence-electron chi connectivity index (χ0n) is 12.0. The minimum Gasteiger partial charge on any atom is -0.273 e. The molecule has 0 aliphatic heterocycles. The molecule has 0 heterocycles. The summed E-state index contributed by atoms with van der Waals surface area (Å²) in [4.78, 5) is 23.5. The molecule has 1 saturated carbocycles. The Labute approximate surface area is 132 Å². The van der Waals surface area contributed by atoms with E-state index in [0.29, 0.717) is 0 Å². The van der Waals surface area contributed by atoms with Gasteiger partial charge in [-0.2, -0.15) is 0 Å². The van der Waals surface area contributed by atoms with Crippen LogP contribution >= 0.6 is 11.8 Å². The molecular formula is C15H18F2N2O2S. The lowest BCUT2D eigenvalue weighted by Gasteiger charge is -2.20. The van der Waals surface area contributed by atoms with Gasteiger partial charge in [-0.25, -0.2) is 8.78 Å². The molecule has 1 fully saturated rings. The molecule has 0 aromatic heterocycles. The second-order valence-corrected chi connectivity index (χ2v) is 6.25. The number of halogens is 2. The fourth-order valence-electron chi connectivity index (χ4n) is 2.37. The van der Waals surface area contributed by atoms with E-state index in [1.807, 2.05) is 0 Å². The molecule has 22 heavy (non-hydrogen) atoms. The van der Waals surface area contributed by atoms with Gasteiger partial charge in [-0.1, -0.05) is 19.3 Å². The van der Waals surface area contributed by atoms with Gasteiger partial charge in [0.15, 0.2) is 0 Å². The van der Waals surface area contributed by atoms with E-state index in [1.54, 1.807) is 0 Å². The predicted octanol–water partition coefficient (Wildman–Crippen LogP) is 2.78. The van der Waals surface area contributed by atoms with Crippen molar-refractivity contribution in [3.8, 4) is 0 Å². The molecule has 2 rings (SSSR count). The van der Waals surface area contributed by atoms with Crippen LogP contribution in [0.4, 0.5) is 8.78 Å². The van der Waals surface area contributed by atoms with Gasteiger partial charge in [0.25, 0.3) is 0 Å². The first-order chi connectivity index (χ1) is 10.6. The number of amides is 2. The normalized spacial score (nSPS) is 15.4. The Kier molecular flexibility index (Phi) is 6.18. The van der Waals surface area contributed by atoms with Crippen LogP contribution in [0.25, 0.3) is 0 Å². The van der Waals surface area contributed by atoms with Crippen molar-refractivity contribution in [2.75, 3.05) is 5.75 Å². The summed E-state index contributed by atoms with van der Waals surface area (Å²) in [5, 5.41) is 0. The van der Waals surface area contributed by atoms with Crippen molar-refractivity contribution in [3.05, 3.63) is 29.8 Å². The fourth-order valence-corrected chi connectivity index (χ4v) is 3.13. The van der Waals surface area contributed by atoms with E-state index in [4.69, 9.17) is 0 Å². The van der Waals surface area contributed by atoms with E-state index in [-0.39, 0.29) is 22.5 Å². The number of nitrogens with one attached hydrogen (secondary N) is 2. The summed E-state index contributed by atoms with van der Waals surface area (Å²) in [6.45, 7) is 0. The highest BCUT2D eigenvalue weighted by atomic mass is 32.2. The average molecular weight is 328 g/mol. The lowest BCUT2D eigenvalue weighted by Crippen LogP contribution is -2.45. The minimum absolute atomic E-state index is 0.0534. The summed E-state index contributed by atoms with van der Waals surface area (Å²) < 4.78 is 26.4. The highest BCUT2D eigenvalue weighted by Crippen LogP contribution is 2.24. The molecular weight excluding hydrogens is 310 g/mol. The molecule has 1 aromatic rings. The maximum atomic E-state index is 13.4. The Morgan fingerprint density at radius 3 is 2.59 bits per heavy atom. The third kappa shape index (κ3) is 4.98. The van der Waals surface area contributed by atoms with Crippen molar-refractivity contribution in [2.24, 2.45) is 5.92 Å². The molecule has 4 nitrogen and oxygen atoms in total. The monoisotopic (exact) mass is 328 g/mol. The van der Waals surface area contributed by atoms with Crippen LogP contribution in [-0.2, 0) is 9.59 Å². The number of hydrazine groups is 1. The third-order valence-electron chi connectivity index (χ3n) is 3.55. The van der Waals surface area contributed by atoms with Crippen molar-refractivity contribution in [1.82, 2.24) is 10.9 Å². The molecule has 2 N–H and O–H groups in total. The minimum atomic E-state index is -0.578. The fraction of sp³-hybridized carbons (Fsp3) is 0.467. The summed E-state index contributed by atoms with van der Waals surface area (Å²) in [6.07, 6.45) is 4.88. The van der Waals surface area contributed by atoms with Crippen LogP contribution in [0.5, 0.6) is 0 Å². The van der Waals surface area contributed by atoms with Crippen molar-refractivity contribution in [3.63, 3.8) is 0 Å². The van der Waals surface area contributed by atoms with Crippen molar-refractivity contribution >= 4 is 23.6 Å². The Balaban J connectivity index is 1.73. The predicted molar refractivity (Wildman–Crippen MR) is 79.9 cm³/mol. The summed E-state index contributed by atoms with van der Waals surface area (Å²) in [6, 6.07) is 3.07. The van der Waals surface area contributed by atoms with Crippen molar-refractivity contribution in [2.45, 2.75) is 37.0 Å². The highest BCUT2D eigenvalue weighted by Gasteiger charge is 2.21. The molecule has 0 bridgehead atoms. The smallest absolute Gasteiger partial charge is 0.248 e. The molecule has 0 radical (unpaired) electrons. The Bertz CT molecular complexity index is 548. The largest absolute Gasteiger partial charge is 0.273 e. The number of rotatable bonds is 4. The van der Waals surface area contributed by atoms with Crippen LogP contribution in [0.3, 0.4) is 0 Å². The SMILES string of the molecule is O=C(CSc1cc(F)ccc1F)NNC(=O)C1CCCCC1. The molecule has 0 spiro atoms. The van der Waals surface area contributed by atoms with Gasteiger partial charge in [0.05, 0.1) is 5.75 Å². The molecule has 0 saturated heterocycles. The number of benzene rings is 1. The third-order valence-corrected chi connectivity index (χ3v) is 4.58. The van der Waals surface area contributed by atoms with Gasteiger partial charge in [-0.05, 0) is 31.0 Å². The van der Waals surface area contributed by atoms with E-state index < -0.39 is 17.5 Å². The van der Waals surface area contributed by atoms with E-state index in [2.05, 4.69) is 10.9 Å². The summed E-state index contributed by atoms with van der Waals surface area (Å²) in [7, 11) is 0. The quantitative estimate of drug-likeness (QED) is 0.660. The van der Waals surface area contributed by atoms with Gasteiger partial charge in [0.1, 0.15) is 11.6 Å². The van der Waals surface area contributed by atoms with Gasteiger partial charge >= 0.3 is 0 Å². The first-order valence-electron chi connectivity index (χ1n) is 7.23. The van der Waals surface area contributed by atoms with Crippen LogP contribution in [0.1, 0.15) is 32.1 Å². The topological polar surface area (TPSA) is 58.2 Å². The summed E-state index contributed by atoms with van der Waals surface area (Å²) >= 11 is 0.878. The van der Waals surface area contributed by atoms with Gasteiger partial charge < -0.3 is 0 Å². The van der Waals surface area contributed by atoms with Crippen LogP contribution in [0.2, 0.25) is 0 Å². The van der Waals surface area contributed by atoms with Gasteiger partial charge in [-0.15, -0.1) is 11.8 Å². The molecule has 120 valence electrons. The molecule has 0 atom stereocenters. The molecule has 1 aliphatic rings. The van der Waals surface area contributed by atoms with Gasteiger partial charge in [0, 0.05) is 10.8 Å². The number of thioether (sulfide) groups is 1. The van der Waals surface area contributed by atoms with E-state index in [0.717, 1.165) is 62.1 Å². The lowest BCUT2D eigenvalue weighted by atomic mass is 9.89. The van der Waals surface area contributed by atoms with E-state index >= 15 is 0 Å². The Morgan fingerprint density at radius 1 is 1.14 bits per heavy atom. The van der Waals surface area contributed by atoms with E-state index in [1.165, 1.54) is 0 Å². The number of hydrogen-bond donors (Lipinski definition) is 2. The zero-order valence-corrected chi connectivity index (χ0v) is 12.8. The standard InChI is InChI=1S/C15H18F2N2O2S/c16-11-6-7-12(17)13(8-11)22-9-14(20)18-19-15(21)10-4-2-1-3-5-10/h6-8,10H,1-5,9H2,(H,18,20)(H,19,21). The maximum absolute atomic E-state index is 13.4. The molecule has 0 unspecified atom stereocenters. The summed E-state index contributed by atoms with van der Waals surface area (Å²) in [5.74, 6) is -1.94. The van der Waals surface area contributed by atoms with Crippen molar-refractivity contribution < 1.29 is 18.4 Å². The second-order valence-electron chi connectivity index (χ2n) is 5.24. The van der Waals surface area contributed by atoms with Gasteiger partial charge in [0.2, 0.25) is 11.8 Å². The number of hydrogen-bond acceptors (Lipinski definition) is 3. The number of carbonyl (C=O) groups is 2. The first-order valence-corrected chi connectivity index (χ1v) is 8.21. The van der Waals surface area contributed by atoms with Crippen molar-refractivity contribution in [1.29, 1.82) is 0 Å². The Hall–Kier alpha value is -1.63. The zero-order chi connectivity index (χ0) is 15.9. The highest BCUT2D eigenvalue weighted by molar-refractivity contribution is 8.00. The first kappa shape index (κ1) is 16.7. The van der Waals surface area contributed by atoms with Crippen LogP contribution in [0, 0.1) is 17.6 Å². The lowest BCUT2D eigenvalue weighted by molar-refractivity contribution is -0.131. The Morgan fingerprint density at radius 2 is 1.86 bits per heavy atom. The van der Waals surface area contributed by atoms with Crippen LogP contribution < -0.4 is 10.9 Å². The average Bonchev–Trinajstić information content (AvgIpc) is 2.54. The molecule has 2 amide bonds. The van der Waals surface area contributed by atoms with Crippen LogP contribution in [-0.4, -0.2) is 17.6 Å². The second kappa shape index (κ2) is 8.12. The molecule has 1 aliphatic carbocycles. The molecule has 1 aromatic carbocycles. The molecule has 7 heteroatoms. The maximum Gasteiger partial charge on any atom is 0.248 e. The van der Waals surface area contributed by atoms with E-state index in [9.17, 15) is 18.4 Å². The van der Waals surface area contributed by atoms with Crippen LogP contribution in [0.15, 0.2) is 23.1 Å². The van der Waals surface area contributed by atoms with Gasteiger partial charge in [-0.3, -0.25) is 20.4 Å².